The van der Waals surface area contributed by atoms with E-state index in [2.05, 4.69) is 0 Å². The van der Waals surface area contributed by atoms with Gasteiger partial charge in [0.25, 0.3) is 0 Å². The van der Waals surface area contributed by atoms with Gasteiger partial charge >= 0.3 is 0 Å². The first-order valence-electron chi connectivity index (χ1n) is 9.73. The standard InChI is InChI=1S/C24H22O7/c25-22(26)14-30-20-10-3-1-6-16(20)12-18-8-5-9-19(24(18)29)13-17-7-2-4-11-21(17)31-15-23(27)28/h1-4,6-7,10-13H,5,8-9,14-15H2,(H,25,26)(H,27,28)/p-2/b18-12+,19-13+. The van der Waals surface area contributed by atoms with Gasteiger partial charge in [-0.25, -0.2) is 0 Å². The Kier molecular flexibility index (Phi) is 7.22. The first-order valence-corrected chi connectivity index (χ1v) is 9.73. The molecule has 0 amide bonds. The van der Waals surface area contributed by atoms with Crippen molar-refractivity contribution in [3.05, 3.63) is 70.8 Å². The van der Waals surface area contributed by atoms with E-state index < -0.39 is 25.2 Å². The Bertz CT molecular complexity index is 968. The molecule has 0 atom stereocenters. The third kappa shape index (κ3) is 6.05. The van der Waals surface area contributed by atoms with E-state index in [0.717, 1.165) is 6.42 Å². The van der Waals surface area contributed by atoms with Gasteiger partial charge < -0.3 is 29.3 Å². The number of carbonyl (C=O) groups excluding carboxylic acids is 3. The fourth-order valence-corrected chi connectivity index (χ4v) is 3.29. The van der Waals surface area contributed by atoms with E-state index in [9.17, 15) is 24.6 Å². The minimum absolute atomic E-state index is 0.129. The maximum absolute atomic E-state index is 13.1. The molecule has 3 rings (SSSR count). The van der Waals surface area contributed by atoms with E-state index in [0.29, 0.717) is 46.6 Å². The van der Waals surface area contributed by atoms with Gasteiger partial charge in [-0.05, 0) is 43.5 Å². The smallest absolute Gasteiger partial charge is 0.185 e. The number of allylic oxidation sites excluding steroid dienone is 2. The van der Waals surface area contributed by atoms with Crippen LogP contribution in [0.3, 0.4) is 0 Å². The lowest BCUT2D eigenvalue weighted by Crippen LogP contribution is -2.29. The van der Waals surface area contributed by atoms with Crippen LogP contribution in [0.2, 0.25) is 0 Å². The summed E-state index contributed by atoms with van der Waals surface area (Å²) < 4.78 is 10.5. The molecule has 1 saturated carbocycles. The number of ketones is 1. The van der Waals surface area contributed by atoms with Crippen LogP contribution in [0.25, 0.3) is 12.2 Å². The highest BCUT2D eigenvalue weighted by Crippen LogP contribution is 2.31. The molecule has 0 heterocycles. The first-order chi connectivity index (χ1) is 14.9. The van der Waals surface area contributed by atoms with Crippen LogP contribution >= 0.6 is 0 Å². The summed E-state index contributed by atoms with van der Waals surface area (Å²) >= 11 is 0. The predicted molar refractivity (Wildman–Crippen MR) is 109 cm³/mol. The molecule has 0 unspecified atom stereocenters. The highest BCUT2D eigenvalue weighted by molar-refractivity contribution is 6.14. The van der Waals surface area contributed by atoms with E-state index >= 15 is 0 Å². The van der Waals surface area contributed by atoms with Crippen molar-refractivity contribution in [2.24, 2.45) is 0 Å². The van der Waals surface area contributed by atoms with Crippen LogP contribution in [0.15, 0.2) is 59.7 Å². The first kappa shape index (κ1) is 21.8. The van der Waals surface area contributed by atoms with Crippen LogP contribution in [0.1, 0.15) is 30.4 Å². The Morgan fingerprint density at radius 3 is 1.61 bits per heavy atom. The number of aliphatic carboxylic acids is 2. The van der Waals surface area contributed by atoms with Gasteiger partial charge in [-0.3, -0.25) is 4.79 Å². The molecule has 7 nitrogen and oxygen atoms in total. The average molecular weight is 420 g/mol. The summed E-state index contributed by atoms with van der Waals surface area (Å²) in [6.07, 6.45) is 5.33. The molecule has 0 radical (unpaired) electrons. The summed E-state index contributed by atoms with van der Waals surface area (Å²) in [5, 5.41) is 21.4. The number of carboxylic acids is 2. The lowest BCUT2D eigenvalue weighted by Gasteiger charge is -2.18. The van der Waals surface area contributed by atoms with Gasteiger partial charge in [0.15, 0.2) is 5.78 Å². The summed E-state index contributed by atoms with van der Waals surface area (Å²) in [6, 6.07) is 13.7. The van der Waals surface area contributed by atoms with Crippen molar-refractivity contribution in [1.29, 1.82) is 0 Å². The van der Waals surface area contributed by atoms with Crippen molar-refractivity contribution in [2.75, 3.05) is 13.2 Å². The Labute approximate surface area is 179 Å². The Morgan fingerprint density at radius 1 is 0.774 bits per heavy atom. The molecular weight excluding hydrogens is 400 g/mol. The van der Waals surface area contributed by atoms with Crippen LogP contribution in [0.4, 0.5) is 0 Å². The van der Waals surface area contributed by atoms with Crippen molar-refractivity contribution in [3.63, 3.8) is 0 Å². The van der Waals surface area contributed by atoms with Gasteiger partial charge in [0, 0.05) is 22.3 Å². The molecule has 160 valence electrons. The SMILES string of the molecule is O=C([O-])COc1ccccc1/C=C1\CCC/C(=C\c2ccccc2OCC(=O)[O-])C1=O. The molecule has 7 heteroatoms. The van der Waals surface area contributed by atoms with Gasteiger partial charge in [0.2, 0.25) is 0 Å². The topological polar surface area (TPSA) is 116 Å². The number of Topliss-reactive ketones (excluding diaryl/α,β-unsaturated/α-hetero) is 1. The Hall–Kier alpha value is -3.87. The number of rotatable bonds is 8. The molecule has 2 aromatic carbocycles. The maximum atomic E-state index is 13.1. The zero-order valence-corrected chi connectivity index (χ0v) is 16.7. The molecule has 0 bridgehead atoms. The quantitative estimate of drug-likeness (QED) is 0.589. The molecule has 1 fully saturated rings. The second-order valence-electron chi connectivity index (χ2n) is 6.92. The number of ether oxygens (including phenoxy) is 2. The molecule has 1 aliphatic rings. The van der Waals surface area contributed by atoms with Gasteiger partial charge in [0.1, 0.15) is 24.7 Å². The van der Waals surface area contributed by atoms with Crippen LogP contribution in [0.5, 0.6) is 11.5 Å². The number of hydrogen-bond donors (Lipinski definition) is 0. The van der Waals surface area contributed by atoms with Crippen molar-refractivity contribution in [1.82, 2.24) is 0 Å². The van der Waals surface area contributed by atoms with Crippen LogP contribution < -0.4 is 19.7 Å². The molecular formula is C24H20O7-2. The predicted octanol–water partition coefficient (Wildman–Crippen LogP) is 1.16. The fraction of sp³-hybridized carbons (Fsp3) is 0.208. The van der Waals surface area contributed by atoms with Crippen molar-refractivity contribution in [2.45, 2.75) is 19.3 Å². The molecule has 0 aromatic heterocycles. The maximum Gasteiger partial charge on any atom is 0.185 e. The van der Waals surface area contributed by atoms with Crippen molar-refractivity contribution in [3.8, 4) is 11.5 Å². The monoisotopic (exact) mass is 420 g/mol. The fourth-order valence-electron chi connectivity index (χ4n) is 3.29. The van der Waals surface area contributed by atoms with Gasteiger partial charge in [0.05, 0.1) is 11.9 Å². The summed E-state index contributed by atoms with van der Waals surface area (Å²) in [7, 11) is 0. The lowest BCUT2D eigenvalue weighted by atomic mass is 9.86. The third-order valence-corrected chi connectivity index (χ3v) is 4.66. The molecule has 0 saturated heterocycles. The van der Waals surface area contributed by atoms with Crippen LogP contribution in [-0.4, -0.2) is 30.9 Å². The molecule has 1 aliphatic carbocycles. The minimum Gasteiger partial charge on any atom is -0.546 e. The number of carbonyl (C=O) groups is 3. The number of carboxylic acid groups (broad SMARTS) is 2. The van der Waals surface area contributed by atoms with E-state index in [-0.39, 0.29) is 5.78 Å². The second-order valence-corrected chi connectivity index (χ2v) is 6.92. The highest BCUT2D eigenvalue weighted by atomic mass is 16.5. The van der Waals surface area contributed by atoms with Crippen molar-refractivity contribution < 1.29 is 34.1 Å². The van der Waals surface area contributed by atoms with E-state index in [1.807, 2.05) is 0 Å². The highest BCUT2D eigenvalue weighted by Gasteiger charge is 2.21. The van der Waals surface area contributed by atoms with Crippen molar-refractivity contribution >= 4 is 29.9 Å². The van der Waals surface area contributed by atoms with Crippen LogP contribution in [-0.2, 0) is 14.4 Å². The molecule has 0 spiro atoms. The Morgan fingerprint density at radius 2 is 1.19 bits per heavy atom. The number of benzene rings is 2. The summed E-state index contributed by atoms with van der Waals surface area (Å²) in [4.78, 5) is 34.5. The number of para-hydroxylation sites is 2. The van der Waals surface area contributed by atoms with Gasteiger partial charge in [-0.2, -0.15) is 0 Å². The molecule has 31 heavy (non-hydrogen) atoms. The Balaban J connectivity index is 1.86. The normalized spacial score (nSPS) is 16.3. The zero-order valence-electron chi connectivity index (χ0n) is 16.7. The second kappa shape index (κ2) is 10.2. The molecule has 0 aliphatic heterocycles. The number of hydrogen-bond acceptors (Lipinski definition) is 7. The summed E-state index contributed by atoms with van der Waals surface area (Å²) in [6.45, 7) is -1.16. The zero-order chi connectivity index (χ0) is 22.2. The largest absolute Gasteiger partial charge is 0.546 e. The third-order valence-electron chi connectivity index (χ3n) is 4.66. The summed E-state index contributed by atoms with van der Waals surface area (Å²) in [5.41, 5.74) is 2.36. The van der Waals surface area contributed by atoms with E-state index in [4.69, 9.17) is 9.47 Å². The summed E-state index contributed by atoms with van der Waals surface area (Å²) in [5.74, 6) is -2.09. The van der Waals surface area contributed by atoms with Gasteiger partial charge in [-0.1, -0.05) is 36.4 Å². The average Bonchev–Trinajstić information content (AvgIpc) is 2.75. The van der Waals surface area contributed by atoms with E-state index in [1.165, 1.54) is 0 Å². The van der Waals surface area contributed by atoms with E-state index in [1.54, 1.807) is 60.7 Å². The molecule has 2 aromatic rings. The van der Waals surface area contributed by atoms with Crippen LogP contribution in [0, 0.1) is 0 Å². The van der Waals surface area contributed by atoms with Gasteiger partial charge in [-0.15, -0.1) is 0 Å². The minimum atomic E-state index is -1.33. The lowest BCUT2D eigenvalue weighted by molar-refractivity contribution is -0.308. The molecule has 0 N–H and O–H groups in total.